The second-order valence-corrected chi connectivity index (χ2v) is 12.6. The summed E-state index contributed by atoms with van der Waals surface area (Å²) in [5, 5.41) is 32.7. The first-order valence-corrected chi connectivity index (χ1v) is 13.3. The molecule has 3 N–H and O–H groups in total. The molecular formula is C28H46O4. The van der Waals surface area contributed by atoms with Crippen LogP contribution in [0.2, 0.25) is 0 Å². The van der Waals surface area contributed by atoms with Gasteiger partial charge >= 0.3 is 0 Å². The third kappa shape index (κ3) is 3.38. The highest BCUT2D eigenvalue weighted by atomic mass is 16.5. The van der Waals surface area contributed by atoms with Gasteiger partial charge in [0.05, 0.1) is 0 Å². The average Bonchev–Trinajstić information content (AvgIpc) is 3.15. The van der Waals surface area contributed by atoms with Crippen LogP contribution in [0.4, 0.5) is 0 Å². The number of allylic oxidation sites excluding steroid dienone is 1. The number of aliphatic hydroxyl groups is 3. The molecule has 0 spiro atoms. The van der Waals surface area contributed by atoms with E-state index in [-0.39, 0.29) is 11.3 Å². The van der Waals surface area contributed by atoms with Crippen molar-refractivity contribution in [2.24, 2.45) is 52.3 Å². The molecule has 3 saturated carbocycles. The van der Waals surface area contributed by atoms with Gasteiger partial charge in [-0.05, 0) is 86.4 Å². The number of hydrogen-bond donors (Lipinski definition) is 3. The molecule has 0 aliphatic heterocycles. The topological polar surface area (TPSA) is 77.8 Å². The molecule has 0 heterocycles. The normalized spacial score (nSPS) is 44.8. The second-order valence-electron chi connectivity index (χ2n) is 12.6. The minimum Gasteiger partial charge on any atom is -0.387 e. The Labute approximate surface area is 194 Å². The van der Waals surface area contributed by atoms with Gasteiger partial charge in [0.1, 0.15) is 12.4 Å². The number of carbonyl (C=O) groups excluding carboxylic acids is 1. The van der Waals surface area contributed by atoms with Crippen LogP contribution in [-0.2, 0) is 4.79 Å². The lowest BCUT2D eigenvalue weighted by molar-refractivity contribution is -0.311. The Hall–Kier alpha value is -0.710. The first-order chi connectivity index (χ1) is 15.0. The van der Waals surface area contributed by atoms with Crippen molar-refractivity contribution in [2.75, 3.05) is 0 Å². The Morgan fingerprint density at radius 2 is 1.78 bits per heavy atom. The molecule has 4 aliphatic carbocycles. The predicted octanol–water partition coefficient (Wildman–Crippen LogP) is 5.10. The predicted molar refractivity (Wildman–Crippen MR) is 127 cm³/mol. The van der Waals surface area contributed by atoms with Crippen molar-refractivity contribution in [3.05, 3.63) is 11.6 Å². The van der Waals surface area contributed by atoms with Gasteiger partial charge in [-0.1, -0.05) is 59.1 Å². The summed E-state index contributed by atoms with van der Waals surface area (Å²) >= 11 is 0. The van der Waals surface area contributed by atoms with E-state index in [4.69, 9.17) is 0 Å². The van der Waals surface area contributed by atoms with Gasteiger partial charge in [0.15, 0.2) is 5.79 Å². The fourth-order valence-electron chi connectivity index (χ4n) is 8.65. The molecular weight excluding hydrogens is 400 g/mol. The SMILES string of the molecule is CC(C)C(C)CC[C@@H](C)[C@H]1CC[C@H]2[C@@H]3CC=C4CCC(O)C(O)(O)[C@]4(C)[C@H]3CC[C@]12C=O. The third-order valence-corrected chi connectivity index (χ3v) is 11.2. The van der Waals surface area contributed by atoms with E-state index in [0.29, 0.717) is 41.9 Å². The minimum atomic E-state index is -2.10. The number of hydrogen-bond acceptors (Lipinski definition) is 4. The van der Waals surface area contributed by atoms with Gasteiger partial charge in [0.25, 0.3) is 0 Å². The van der Waals surface area contributed by atoms with Crippen molar-refractivity contribution in [3.8, 4) is 0 Å². The van der Waals surface area contributed by atoms with Crippen LogP contribution in [0, 0.1) is 52.3 Å². The summed E-state index contributed by atoms with van der Waals surface area (Å²) in [5.74, 6) is 1.01. The van der Waals surface area contributed by atoms with Crippen LogP contribution in [0.1, 0.15) is 92.4 Å². The molecule has 32 heavy (non-hydrogen) atoms. The lowest BCUT2D eigenvalue weighted by Crippen LogP contribution is -2.65. The Kier molecular flexibility index (Phi) is 6.49. The zero-order valence-electron chi connectivity index (χ0n) is 20.9. The zero-order chi connectivity index (χ0) is 23.5. The highest BCUT2D eigenvalue weighted by Gasteiger charge is 2.66. The number of fused-ring (bicyclic) bond motifs is 5. The quantitative estimate of drug-likeness (QED) is 0.301. The maximum atomic E-state index is 12.8. The average molecular weight is 447 g/mol. The van der Waals surface area contributed by atoms with E-state index in [0.717, 1.165) is 44.1 Å². The fourth-order valence-corrected chi connectivity index (χ4v) is 8.65. The van der Waals surface area contributed by atoms with Crippen molar-refractivity contribution in [1.29, 1.82) is 0 Å². The summed E-state index contributed by atoms with van der Waals surface area (Å²) in [4.78, 5) is 12.8. The zero-order valence-corrected chi connectivity index (χ0v) is 20.9. The van der Waals surface area contributed by atoms with Crippen molar-refractivity contribution in [1.82, 2.24) is 0 Å². The van der Waals surface area contributed by atoms with Crippen LogP contribution < -0.4 is 0 Å². The highest BCUT2D eigenvalue weighted by molar-refractivity contribution is 5.62. The maximum absolute atomic E-state index is 12.8. The Morgan fingerprint density at radius 3 is 2.44 bits per heavy atom. The molecule has 0 aromatic carbocycles. The molecule has 4 nitrogen and oxygen atoms in total. The van der Waals surface area contributed by atoms with Crippen LogP contribution in [-0.4, -0.2) is 33.5 Å². The maximum Gasteiger partial charge on any atom is 0.199 e. The summed E-state index contributed by atoms with van der Waals surface area (Å²) in [7, 11) is 0. The molecule has 0 aromatic heterocycles. The first-order valence-electron chi connectivity index (χ1n) is 13.3. The van der Waals surface area contributed by atoms with E-state index < -0.39 is 17.3 Å². The molecule has 0 amide bonds. The van der Waals surface area contributed by atoms with Gasteiger partial charge in [-0.15, -0.1) is 0 Å². The third-order valence-electron chi connectivity index (χ3n) is 11.2. The van der Waals surface area contributed by atoms with Gasteiger partial charge in [0, 0.05) is 10.8 Å². The molecule has 0 bridgehead atoms. The van der Waals surface area contributed by atoms with Crippen LogP contribution in [0.3, 0.4) is 0 Å². The summed E-state index contributed by atoms with van der Waals surface area (Å²) < 4.78 is 0. The van der Waals surface area contributed by atoms with Crippen molar-refractivity contribution >= 4 is 6.29 Å². The summed E-state index contributed by atoms with van der Waals surface area (Å²) in [6.07, 6.45) is 10.8. The van der Waals surface area contributed by atoms with Gasteiger partial charge in [0.2, 0.25) is 0 Å². The number of carbonyl (C=O) groups is 1. The Balaban J connectivity index is 1.59. The molecule has 3 fully saturated rings. The van der Waals surface area contributed by atoms with Gasteiger partial charge < -0.3 is 20.1 Å². The Bertz CT molecular complexity index is 742. The Morgan fingerprint density at radius 1 is 1.06 bits per heavy atom. The van der Waals surface area contributed by atoms with Gasteiger partial charge in [-0.2, -0.15) is 0 Å². The van der Waals surface area contributed by atoms with Gasteiger partial charge in [-0.25, -0.2) is 0 Å². The number of rotatable bonds is 6. The molecule has 4 rings (SSSR count). The summed E-state index contributed by atoms with van der Waals surface area (Å²) in [6.45, 7) is 11.3. The van der Waals surface area contributed by atoms with E-state index in [1.54, 1.807) is 0 Å². The van der Waals surface area contributed by atoms with Crippen LogP contribution in [0.25, 0.3) is 0 Å². The van der Waals surface area contributed by atoms with E-state index in [1.165, 1.54) is 19.1 Å². The van der Waals surface area contributed by atoms with E-state index >= 15 is 0 Å². The fraction of sp³-hybridized carbons (Fsp3) is 0.893. The first kappa shape index (κ1) is 24.4. The van der Waals surface area contributed by atoms with Crippen molar-refractivity contribution in [2.45, 2.75) is 104 Å². The lowest BCUT2D eigenvalue weighted by atomic mass is 9.45. The number of aldehydes is 1. The molecule has 0 radical (unpaired) electrons. The van der Waals surface area contributed by atoms with E-state index in [9.17, 15) is 20.1 Å². The summed E-state index contributed by atoms with van der Waals surface area (Å²) in [6, 6.07) is 0. The minimum absolute atomic E-state index is 0.112. The smallest absolute Gasteiger partial charge is 0.199 e. The molecule has 2 unspecified atom stereocenters. The largest absolute Gasteiger partial charge is 0.387 e. The van der Waals surface area contributed by atoms with E-state index in [2.05, 4.69) is 33.8 Å². The standard InChI is InChI=1S/C28H46O4/c1-17(2)18(3)6-7-19(4)22-11-12-24-21-10-8-20-9-13-25(30)28(31,32)26(20,5)23(21)14-15-27(22,24)16-29/h8,16-19,21-25,30-32H,6-7,9-15H2,1-5H3/t18?,19-,21-,22-,23+,24+,25?,26+,27+/m1/s1. The second kappa shape index (κ2) is 8.50. The molecule has 0 saturated heterocycles. The molecule has 9 atom stereocenters. The monoisotopic (exact) mass is 446 g/mol. The van der Waals surface area contributed by atoms with Crippen molar-refractivity contribution < 1.29 is 20.1 Å². The molecule has 4 aliphatic rings. The van der Waals surface area contributed by atoms with Crippen molar-refractivity contribution in [3.63, 3.8) is 0 Å². The lowest BCUT2D eigenvalue weighted by Gasteiger charge is -2.61. The van der Waals surface area contributed by atoms with Crippen LogP contribution in [0.15, 0.2) is 11.6 Å². The molecule has 182 valence electrons. The van der Waals surface area contributed by atoms with Crippen LogP contribution in [0.5, 0.6) is 0 Å². The molecule has 4 heteroatoms. The summed E-state index contributed by atoms with van der Waals surface area (Å²) in [5.41, 5.74) is 0.0294. The van der Waals surface area contributed by atoms with E-state index in [1.807, 2.05) is 6.92 Å². The number of aliphatic hydroxyl groups excluding tert-OH is 1. The van der Waals surface area contributed by atoms with Crippen LogP contribution >= 0.6 is 0 Å². The van der Waals surface area contributed by atoms with Gasteiger partial charge in [-0.3, -0.25) is 0 Å². The molecule has 0 aromatic rings. The highest BCUT2D eigenvalue weighted by Crippen LogP contribution is 2.68.